The minimum atomic E-state index is -0.717. The maximum Gasteiger partial charge on any atom is 0.321 e. The van der Waals surface area contributed by atoms with Crippen LogP contribution in [0.2, 0.25) is 0 Å². The van der Waals surface area contributed by atoms with E-state index in [2.05, 4.69) is 26.1 Å². The highest BCUT2D eigenvalue weighted by Crippen LogP contribution is 2.23. The molecular weight excluding hydrogens is 210 g/mol. The lowest BCUT2D eigenvalue weighted by Gasteiger charge is -2.19. The molecule has 3 nitrogen and oxygen atoms in total. The fraction of sp³-hybridized carbons (Fsp3) is 0.909. The molecule has 0 spiro atoms. The highest BCUT2D eigenvalue weighted by molar-refractivity contribution is 7.99. The van der Waals surface area contributed by atoms with E-state index >= 15 is 0 Å². The average molecular weight is 231 g/mol. The normalized spacial score (nSPS) is 20.3. The molecular formula is C11H21NO2S. The van der Waals surface area contributed by atoms with Crippen molar-refractivity contribution in [2.45, 2.75) is 50.9 Å². The summed E-state index contributed by atoms with van der Waals surface area (Å²) in [6, 6.07) is 0.0877. The molecule has 2 atom stereocenters. The molecule has 0 radical (unpaired) electrons. The zero-order valence-corrected chi connectivity index (χ0v) is 10.5. The van der Waals surface area contributed by atoms with Crippen LogP contribution in [0.1, 0.15) is 33.6 Å². The third-order valence-corrected chi connectivity index (χ3v) is 4.37. The molecule has 88 valence electrons. The Kier molecular flexibility index (Phi) is 4.93. The van der Waals surface area contributed by atoms with Gasteiger partial charge in [0, 0.05) is 17.0 Å². The van der Waals surface area contributed by atoms with Gasteiger partial charge in [0.2, 0.25) is 0 Å². The minimum absolute atomic E-state index is 0.372. The van der Waals surface area contributed by atoms with E-state index < -0.39 is 5.97 Å². The second-order valence-electron chi connectivity index (χ2n) is 4.61. The molecule has 0 aromatic heterocycles. The van der Waals surface area contributed by atoms with E-state index in [4.69, 9.17) is 5.11 Å². The van der Waals surface area contributed by atoms with Crippen molar-refractivity contribution in [1.82, 2.24) is 5.32 Å². The standard InChI is InChI=1S/C11H21NO2S/c1-7(2)8(3)15-6-10(11(13)14)12-9-4-5-9/h7-10,12H,4-6H2,1-3H3,(H,13,14). The molecule has 0 aliphatic heterocycles. The summed E-state index contributed by atoms with van der Waals surface area (Å²) in [4.78, 5) is 11.0. The van der Waals surface area contributed by atoms with E-state index in [1.54, 1.807) is 11.8 Å². The zero-order valence-electron chi connectivity index (χ0n) is 9.69. The van der Waals surface area contributed by atoms with E-state index in [9.17, 15) is 4.79 Å². The molecule has 0 bridgehead atoms. The Balaban J connectivity index is 2.27. The quantitative estimate of drug-likeness (QED) is 0.703. The van der Waals surface area contributed by atoms with Crippen LogP contribution in [0.15, 0.2) is 0 Å². The van der Waals surface area contributed by atoms with Crippen molar-refractivity contribution in [1.29, 1.82) is 0 Å². The Morgan fingerprint density at radius 3 is 2.47 bits per heavy atom. The second-order valence-corrected chi connectivity index (χ2v) is 6.02. The van der Waals surface area contributed by atoms with E-state index in [1.165, 1.54) is 0 Å². The van der Waals surface area contributed by atoms with Crippen LogP contribution < -0.4 is 5.32 Å². The van der Waals surface area contributed by atoms with Crippen molar-refractivity contribution in [2.24, 2.45) is 5.92 Å². The smallest absolute Gasteiger partial charge is 0.321 e. The number of aliphatic carboxylic acids is 1. The largest absolute Gasteiger partial charge is 0.480 e. The van der Waals surface area contributed by atoms with Crippen molar-refractivity contribution in [2.75, 3.05) is 5.75 Å². The van der Waals surface area contributed by atoms with E-state index in [-0.39, 0.29) is 6.04 Å². The van der Waals surface area contributed by atoms with Gasteiger partial charge in [0.15, 0.2) is 0 Å². The van der Waals surface area contributed by atoms with Crippen molar-refractivity contribution in [3.63, 3.8) is 0 Å². The molecule has 1 aliphatic carbocycles. The monoisotopic (exact) mass is 231 g/mol. The summed E-state index contributed by atoms with van der Waals surface area (Å²) >= 11 is 1.75. The SMILES string of the molecule is CC(C)C(C)SCC(NC1CC1)C(=O)O. The van der Waals surface area contributed by atoms with Gasteiger partial charge >= 0.3 is 5.97 Å². The van der Waals surface area contributed by atoms with Gasteiger partial charge in [-0.05, 0) is 18.8 Å². The topological polar surface area (TPSA) is 49.3 Å². The Hall–Kier alpha value is -0.220. The Morgan fingerprint density at radius 2 is 2.07 bits per heavy atom. The van der Waals surface area contributed by atoms with Crippen LogP contribution in [0, 0.1) is 5.92 Å². The van der Waals surface area contributed by atoms with E-state index in [1.807, 2.05) is 0 Å². The zero-order chi connectivity index (χ0) is 11.4. The summed E-state index contributed by atoms with van der Waals surface area (Å²) in [5, 5.41) is 12.7. The summed E-state index contributed by atoms with van der Waals surface area (Å²) < 4.78 is 0. The van der Waals surface area contributed by atoms with Crippen molar-refractivity contribution >= 4 is 17.7 Å². The van der Waals surface area contributed by atoms with E-state index in [0.717, 1.165) is 12.8 Å². The van der Waals surface area contributed by atoms with E-state index in [0.29, 0.717) is 23.0 Å². The number of hydrogen-bond donors (Lipinski definition) is 2. The summed E-state index contributed by atoms with van der Waals surface area (Å²) in [7, 11) is 0. The van der Waals surface area contributed by atoms with Gasteiger partial charge in [-0.15, -0.1) is 0 Å². The summed E-state index contributed by atoms with van der Waals surface area (Å²) in [5.41, 5.74) is 0. The van der Waals surface area contributed by atoms with Crippen LogP contribution in [0.3, 0.4) is 0 Å². The molecule has 0 amide bonds. The van der Waals surface area contributed by atoms with Gasteiger partial charge in [0.1, 0.15) is 6.04 Å². The fourth-order valence-corrected chi connectivity index (χ4v) is 2.29. The highest BCUT2D eigenvalue weighted by atomic mass is 32.2. The predicted molar refractivity (Wildman–Crippen MR) is 64.3 cm³/mol. The van der Waals surface area contributed by atoms with Gasteiger partial charge in [0.25, 0.3) is 0 Å². The van der Waals surface area contributed by atoms with Crippen LogP contribution in [0.4, 0.5) is 0 Å². The van der Waals surface area contributed by atoms with Crippen LogP contribution >= 0.6 is 11.8 Å². The molecule has 15 heavy (non-hydrogen) atoms. The maximum absolute atomic E-state index is 11.0. The number of carboxylic acids is 1. The number of rotatable bonds is 7. The second kappa shape index (κ2) is 5.75. The Bertz CT molecular complexity index is 217. The first-order valence-electron chi connectivity index (χ1n) is 5.61. The van der Waals surface area contributed by atoms with Gasteiger partial charge in [-0.25, -0.2) is 0 Å². The summed E-state index contributed by atoms with van der Waals surface area (Å²) in [6.45, 7) is 6.49. The fourth-order valence-electron chi connectivity index (χ4n) is 1.17. The molecule has 4 heteroatoms. The highest BCUT2D eigenvalue weighted by Gasteiger charge is 2.28. The molecule has 0 aromatic carbocycles. The van der Waals surface area contributed by atoms with Crippen LogP contribution in [-0.4, -0.2) is 34.2 Å². The molecule has 2 N–H and O–H groups in total. The van der Waals surface area contributed by atoms with Crippen molar-refractivity contribution in [3.05, 3.63) is 0 Å². The average Bonchev–Trinajstić information content (AvgIpc) is 2.94. The van der Waals surface area contributed by atoms with Crippen LogP contribution in [-0.2, 0) is 4.79 Å². The molecule has 1 rings (SSSR count). The summed E-state index contributed by atoms with van der Waals surface area (Å²) in [5.74, 6) is 0.557. The first-order valence-corrected chi connectivity index (χ1v) is 6.66. The molecule has 0 heterocycles. The Morgan fingerprint density at radius 1 is 1.47 bits per heavy atom. The van der Waals surface area contributed by atoms with Crippen molar-refractivity contribution < 1.29 is 9.90 Å². The molecule has 2 unspecified atom stereocenters. The predicted octanol–water partition coefficient (Wildman–Crippen LogP) is 1.97. The number of nitrogens with one attached hydrogen (secondary N) is 1. The van der Waals surface area contributed by atoms with Gasteiger partial charge in [-0.3, -0.25) is 4.79 Å². The lowest BCUT2D eigenvalue weighted by Crippen LogP contribution is -2.40. The minimum Gasteiger partial charge on any atom is -0.480 e. The van der Waals surface area contributed by atoms with Gasteiger partial charge < -0.3 is 10.4 Å². The molecule has 0 saturated heterocycles. The van der Waals surface area contributed by atoms with Gasteiger partial charge in [-0.2, -0.15) is 11.8 Å². The number of carbonyl (C=O) groups is 1. The lowest BCUT2D eigenvalue weighted by atomic mass is 10.2. The number of thioether (sulfide) groups is 1. The first kappa shape index (κ1) is 12.8. The molecule has 1 aliphatic rings. The number of hydrogen-bond acceptors (Lipinski definition) is 3. The first-order chi connectivity index (χ1) is 7.00. The van der Waals surface area contributed by atoms with Gasteiger partial charge in [-0.1, -0.05) is 20.8 Å². The van der Waals surface area contributed by atoms with Gasteiger partial charge in [0.05, 0.1) is 0 Å². The Labute approximate surface area is 96.0 Å². The van der Waals surface area contributed by atoms with Crippen LogP contribution in [0.25, 0.3) is 0 Å². The third-order valence-electron chi connectivity index (χ3n) is 2.78. The molecule has 1 saturated carbocycles. The van der Waals surface area contributed by atoms with Crippen molar-refractivity contribution in [3.8, 4) is 0 Å². The molecule has 1 fully saturated rings. The number of carboxylic acid groups (broad SMARTS) is 1. The summed E-state index contributed by atoms with van der Waals surface area (Å²) in [6.07, 6.45) is 2.27. The third kappa shape index (κ3) is 4.89. The molecule has 0 aromatic rings. The maximum atomic E-state index is 11.0. The lowest BCUT2D eigenvalue weighted by molar-refractivity contribution is -0.138. The van der Waals surface area contributed by atoms with Crippen LogP contribution in [0.5, 0.6) is 0 Å².